The highest BCUT2D eigenvalue weighted by Crippen LogP contribution is 2.23. The summed E-state index contributed by atoms with van der Waals surface area (Å²) < 4.78 is 5.40. The van der Waals surface area contributed by atoms with Crippen molar-refractivity contribution in [1.29, 1.82) is 0 Å². The van der Waals surface area contributed by atoms with Gasteiger partial charge >= 0.3 is 0 Å². The molecule has 3 rings (SSSR count). The number of nitrogens with one attached hydrogen (secondary N) is 2. The normalized spacial score (nSPS) is 16.4. The molecule has 6 nitrogen and oxygen atoms in total. The Bertz CT molecular complexity index is 772. The monoisotopic (exact) mass is 353 g/mol. The van der Waals surface area contributed by atoms with Gasteiger partial charge in [0.25, 0.3) is 5.91 Å². The lowest BCUT2D eigenvalue weighted by molar-refractivity contribution is -0.114. The topological polar surface area (TPSA) is 70.7 Å². The first-order valence-electron chi connectivity index (χ1n) is 8.62. The van der Waals surface area contributed by atoms with Gasteiger partial charge in [-0.2, -0.15) is 0 Å². The Morgan fingerprint density at radius 1 is 1.00 bits per heavy atom. The quantitative estimate of drug-likeness (QED) is 0.866. The molecule has 1 aliphatic heterocycles. The number of carbonyl (C=O) groups excluding carboxylic acids is 2. The Kier molecular flexibility index (Phi) is 5.53. The number of hydrogen-bond acceptors (Lipinski definition) is 4. The number of carbonyl (C=O) groups is 2. The maximum absolute atomic E-state index is 12.3. The van der Waals surface area contributed by atoms with Crippen LogP contribution < -0.4 is 15.5 Å². The third kappa shape index (κ3) is 4.40. The smallest absolute Gasteiger partial charge is 0.255 e. The molecule has 1 fully saturated rings. The summed E-state index contributed by atoms with van der Waals surface area (Å²) in [7, 11) is 1.75. The van der Waals surface area contributed by atoms with Crippen LogP contribution in [0.5, 0.6) is 0 Å². The molecule has 1 aliphatic rings. The molecule has 0 aliphatic carbocycles. The number of hydrogen-bond donors (Lipinski definition) is 2. The Hall–Kier alpha value is -2.86. The number of benzene rings is 2. The largest absolute Gasteiger partial charge is 0.380 e. The molecule has 1 atom stereocenters. The summed E-state index contributed by atoms with van der Waals surface area (Å²) in [6.07, 6.45) is 1.32. The van der Waals surface area contributed by atoms with Crippen LogP contribution in [0.4, 0.5) is 17.1 Å². The second kappa shape index (κ2) is 8.01. The molecular weight excluding hydrogens is 330 g/mol. The fourth-order valence-electron chi connectivity index (χ4n) is 3.02. The molecule has 0 saturated carbocycles. The average Bonchev–Trinajstić information content (AvgIpc) is 3.11. The summed E-state index contributed by atoms with van der Waals surface area (Å²) in [5.41, 5.74) is 3.07. The first-order valence-corrected chi connectivity index (χ1v) is 8.62. The van der Waals surface area contributed by atoms with Gasteiger partial charge in [0, 0.05) is 49.7 Å². The van der Waals surface area contributed by atoms with Crippen LogP contribution in [0.3, 0.4) is 0 Å². The predicted molar refractivity (Wildman–Crippen MR) is 103 cm³/mol. The molecule has 0 bridgehead atoms. The first-order chi connectivity index (χ1) is 12.5. The molecule has 136 valence electrons. The van der Waals surface area contributed by atoms with E-state index in [9.17, 15) is 9.59 Å². The van der Waals surface area contributed by atoms with Crippen LogP contribution in [0.15, 0.2) is 48.5 Å². The van der Waals surface area contributed by atoms with Crippen LogP contribution in [0.25, 0.3) is 0 Å². The lowest BCUT2D eigenvalue weighted by atomic mass is 10.2. The van der Waals surface area contributed by atoms with Crippen molar-refractivity contribution < 1.29 is 14.3 Å². The van der Waals surface area contributed by atoms with Gasteiger partial charge in [0.15, 0.2) is 0 Å². The number of methoxy groups -OCH3 is 1. The second-order valence-electron chi connectivity index (χ2n) is 6.35. The summed E-state index contributed by atoms with van der Waals surface area (Å²) in [5, 5.41) is 5.56. The van der Waals surface area contributed by atoms with E-state index in [1.54, 1.807) is 31.4 Å². The number of anilines is 3. The number of nitrogens with zero attached hydrogens (tertiary/aromatic N) is 1. The molecule has 0 radical (unpaired) electrons. The highest BCUT2D eigenvalue weighted by atomic mass is 16.5. The van der Waals surface area contributed by atoms with Crippen molar-refractivity contribution in [3.8, 4) is 0 Å². The maximum atomic E-state index is 12.3. The van der Waals surface area contributed by atoms with Crippen molar-refractivity contribution in [1.82, 2.24) is 0 Å². The zero-order chi connectivity index (χ0) is 18.5. The van der Waals surface area contributed by atoms with Crippen LogP contribution >= 0.6 is 0 Å². The molecule has 26 heavy (non-hydrogen) atoms. The molecule has 6 heteroatoms. The Morgan fingerprint density at radius 3 is 2.19 bits per heavy atom. The minimum Gasteiger partial charge on any atom is -0.380 e. The van der Waals surface area contributed by atoms with Gasteiger partial charge in [-0.1, -0.05) is 0 Å². The molecular formula is C20H23N3O3. The van der Waals surface area contributed by atoms with E-state index in [1.807, 2.05) is 24.3 Å². The summed E-state index contributed by atoms with van der Waals surface area (Å²) in [4.78, 5) is 25.7. The summed E-state index contributed by atoms with van der Waals surface area (Å²) >= 11 is 0. The predicted octanol–water partition coefficient (Wildman–Crippen LogP) is 3.12. The zero-order valence-electron chi connectivity index (χ0n) is 15.0. The van der Waals surface area contributed by atoms with Crippen molar-refractivity contribution in [2.75, 3.05) is 35.7 Å². The van der Waals surface area contributed by atoms with Crippen molar-refractivity contribution in [2.24, 2.45) is 0 Å². The lowest BCUT2D eigenvalue weighted by Crippen LogP contribution is -2.22. The molecule has 0 aromatic heterocycles. The second-order valence-corrected chi connectivity index (χ2v) is 6.35. The summed E-state index contributed by atoms with van der Waals surface area (Å²) in [5.74, 6) is -0.329. The van der Waals surface area contributed by atoms with Crippen LogP contribution in [-0.2, 0) is 9.53 Å². The third-order valence-corrected chi connectivity index (χ3v) is 4.44. The highest BCUT2D eigenvalue weighted by Gasteiger charge is 2.22. The Balaban J connectivity index is 1.60. The number of ether oxygens (including phenoxy) is 1. The Morgan fingerprint density at radius 2 is 1.62 bits per heavy atom. The van der Waals surface area contributed by atoms with Crippen molar-refractivity contribution in [2.45, 2.75) is 19.4 Å². The minimum atomic E-state index is -0.187. The molecule has 0 spiro atoms. The molecule has 1 heterocycles. The number of amides is 2. The summed E-state index contributed by atoms with van der Waals surface area (Å²) in [6, 6.07) is 14.6. The van der Waals surface area contributed by atoms with Crippen LogP contribution in [0, 0.1) is 0 Å². The average molecular weight is 353 g/mol. The van der Waals surface area contributed by atoms with Crippen molar-refractivity contribution >= 4 is 28.9 Å². The SMILES string of the molecule is COC1CCN(c2ccc(NC(=O)c3ccc(NC(C)=O)cc3)cc2)C1. The third-order valence-electron chi connectivity index (χ3n) is 4.44. The van der Waals surface area contributed by atoms with E-state index < -0.39 is 0 Å². The van der Waals surface area contributed by atoms with Gasteiger partial charge in [-0.05, 0) is 55.0 Å². The summed E-state index contributed by atoms with van der Waals surface area (Å²) in [6.45, 7) is 3.32. The van der Waals surface area contributed by atoms with E-state index in [2.05, 4.69) is 15.5 Å². The van der Waals surface area contributed by atoms with E-state index in [1.165, 1.54) is 6.92 Å². The van der Waals surface area contributed by atoms with Crippen LogP contribution in [-0.4, -0.2) is 38.1 Å². The maximum Gasteiger partial charge on any atom is 0.255 e. The first kappa shape index (κ1) is 17.9. The molecule has 2 amide bonds. The van der Waals surface area contributed by atoms with Gasteiger partial charge in [0.05, 0.1) is 6.10 Å². The molecule has 2 aromatic carbocycles. The standard InChI is InChI=1S/C20H23N3O3/c1-14(24)21-16-5-3-15(4-6-16)20(25)22-17-7-9-18(10-8-17)23-12-11-19(13-23)26-2/h3-10,19H,11-13H2,1-2H3,(H,21,24)(H,22,25). The number of rotatable bonds is 5. The fraction of sp³-hybridized carbons (Fsp3) is 0.300. The highest BCUT2D eigenvalue weighted by molar-refractivity contribution is 6.04. The Labute approximate surface area is 153 Å². The minimum absolute atomic E-state index is 0.142. The van der Waals surface area contributed by atoms with E-state index in [4.69, 9.17) is 4.74 Å². The van der Waals surface area contributed by atoms with Gasteiger partial charge in [-0.3, -0.25) is 9.59 Å². The van der Waals surface area contributed by atoms with Gasteiger partial charge in [0.2, 0.25) is 5.91 Å². The van der Waals surface area contributed by atoms with E-state index in [0.717, 1.165) is 30.9 Å². The van der Waals surface area contributed by atoms with Crippen molar-refractivity contribution in [3.63, 3.8) is 0 Å². The molecule has 1 saturated heterocycles. The lowest BCUT2D eigenvalue weighted by Gasteiger charge is -2.18. The van der Waals surface area contributed by atoms with Crippen LogP contribution in [0.1, 0.15) is 23.7 Å². The van der Waals surface area contributed by atoms with Crippen LogP contribution in [0.2, 0.25) is 0 Å². The van der Waals surface area contributed by atoms with E-state index in [0.29, 0.717) is 11.3 Å². The van der Waals surface area contributed by atoms with Gasteiger partial charge in [-0.15, -0.1) is 0 Å². The van der Waals surface area contributed by atoms with E-state index >= 15 is 0 Å². The van der Waals surface area contributed by atoms with Gasteiger partial charge in [-0.25, -0.2) is 0 Å². The van der Waals surface area contributed by atoms with Gasteiger partial charge < -0.3 is 20.3 Å². The van der Waals surface area contributed by atoms with E-state index in [-0.39, 0.29) is 17.9 Å². The fourth-order valence-corrected chi connectivity index (χ4v) is 3.02. The molecule has 2 N–H and O–H groups in total. The molecule has 2 aromatic rings. The molecule has 1 unspecified atom stereocenters. The van der Waals surface area contributed by atoms with Crippen molar-refractivity contribution in [3.05, 3.63) is 54.1 Å². The zero-order valence-corrected chi connectivity index (χ0v) is 15.0. The van der Waals surface area contributed by atoms with Gasteiger partial charge in [0.1, 0.15) is 0 Å².